The van der Waals surface area contributed by atoms with E-state index < -0.39 is 12.0 Å². The second-order valence-electron chi connectivity index (χ2n) is 10.3. The summed E-state index contributed by atoms with van der Waals surface area (Å²) in [5.74, 6) is 0.742. The van der Waals surface area contributed by atoms with Gasteiger partial charge in [0.15, 0.2) is 0 Å². The predicted octanol–water partition coefficient (Wildman–Crippen LogP) is 5.62. The number of fused-ring (bicyclic) bond motifs is 1. The van der Waals surface area contributed by atoms with Gasteiger partial charge in [-0.25, -0.2) is 28.7 Å². The lowest BCUT2D eigenvalue weighted by atomic mass is 9.84. The first-order chi connectivity index (χ1) is 17.0. The molecule has 1 fully saturated rings. The van der Waals surface area contributed by atoms with Gasteiger partial charge >= 0.3 is 5.97 Å². The maximum atomic E-state index is 14.0. The summed E-state index contributed by atoms with van der Waals surface area (Å²) in [6.07, 6.45) is 2.54. The zero-order valence-electron chi connectivity index (χ0n) is 21.0. The first-order valence-electron chi connectivity index (χ1n) is 12.2. The first kappa shape index (κ1) is 25.7. The normalized spacial score (nSPS) is 18.4. The summed E-state index contributed by atoms with van der Waals surface area (Å²) in [4.78, 5) is 29.6. The molecule has 0 saturated heterocycles. The Morgan fingerprint density at radius 3 is 2.53 bits per heavy atom. The van der Waals surface area contributed by atoms with Gasteiger partial charge in [0.1, 0.15) is 22.5 Å². The number of hydrogen-bond acceptors (Lipinski definition) is 8. The third-order valence-corrected chi connectivity index (χ3v) is 6.25. The number of nitrogens with one attached hydrogen (secondary N) is 1. The Balaban J connectivity index is 1.48. The summed E-state index contributed by atoms with van der Waals surface area (Å²) in [6, 6.07) is 4.79. The van der Waals surface area contributed by atoms with E-state index in [1.54, 1.807) is 19.1 Å². The number of pyridine rings is 2. The Hall–Kier alpha value is -3.43. The summed E-state index contributed by atoms with van der Waals surface area (Å²) in [6.45, 7) is 7.34. The van der Waals surface area contributed by atoms with Gasteiger partial charge in [-0.3, -0.25) is 4.79 Å². The van der Waals surface area contributed by atoms with Crippen LogP contribution < -0.4 is 11.1 Å². The van der Waals surface area contributed by atoms with E-state index in [1.807, 2.05) is 20.8 Å². The van der Waals surface area contributed by atoms with E-state index in [0.717, 1.165) is 25.7 Å². The van der Waals surface area contributed by atoms with Gasteiger partial charge in [0, 0.05) is 29.3 Å². The molecule has 0 amide bonds. The lowest BCUT2D eigenvalue weighted by Crippen LogP contribution is -2.30. The van der Waals surface area contributed by atoms with Crippen LogP contribution in [0.2, 0.25) is 0 Å². The van der Waals surface area contributed by atoms with Crippen LogP contribution in [0.1, 0.15) is 70.6 Å². The van der Waals surface area contributed by atoms with E-state index in [0.29, 0.717) is 35.1 Å². The highest BCUT2D eigenvalue weighted by Gasteiger charge is 2.26. The van der Waals surface area contributed by atoms with Crippen molar-refractivity contribution in [2.45, 2.75) is 77.9 Å². The van der Waals surface area contributed by atoms with Crippen LogP contribution in [0.5, 0.6) is 0 Å². The number of carbonyl (C=O) groups excluding carboxylic acids is 1. The van der Waals surface area contributed by atoms with Crippen molar-refractivity contribution in [2.75, 3.05) is 11.1 Å². The van der Waals surface area contributed by atoms with E-state index in [2.05, 4.69) is 25.3 Å². The number of ether oxygens (including phenoxy) is 1. The molecular weight excluding hydrogens is 466 g/mol. The molecule has 0 aliphatic heterocycles. The van der Waals surface area contributed by atoms with Crippen LogP contribution in [0.15, 0.2) is 24.4 Å². The maximum absolute atomic E-state index is 14.0. The van der Waals surface area contributed by atoms with Crippen LogP contribution >= 0.6 is 0 Å². The number of nitrogens with zero attached hydrogens (tertiary/aromatic N) is 4. The van der Waals surface area contributed by atoms with E-state index in [9.17, 15) is 13.6 Å². The predicted molar refractivity (Wildman–Crippen MR) is 135 cm³/mol. The number of aryl methyl sites for hydroxylation is 1. The van der Waals surface area contributed by atoms with Crippen molar-refractivity contribution in [3.63, 3.8) is 0 Å². The summed E-state index contributed by atoms with van der Waals surface area (Å²) in [5.41, 5.74) is 7.02. The molecule has 3 N–H and O–H groups in total. The largest absolute Gasteiger partial charge is 0.460 e. The van der Waals surface area contributed by atoms with Crippen molar-refractivity contribution in [2.24, 2.45) is 5.92 Å². The number of aromatic nitrogens is 4. The average molecular weight is 499 g/mol. The molecule has 0 bridgehead atoms. The molecule has 36 heavy (non-hydrogen) atoms. The Labute approximate surface area is 209 Å². The van der Waals surface area contributed by atoms with Crippen LogP contribution in [-0.2, 0) is 9.53 Å². The molecule has 10 heteroatoms. The van der Waals surface area contributed by atoms with E-state index >= 15 is 0 Å². The Morgan fingerprint density at radius 1 is 1.17 bits per heavy atom. The molecule has 0 aromatic carbocycles. The fourth-order valence-corrected chi connectivity index (χ4v) is 4.58. The Bertz CT molecular complexity index is 1250. The SMILES string of the molecule is Cc1nc(N)ccc1-c1cc(C(F)F)c2nc(NC3CCC(CC(=O)OC(C)(C)C)CC3)ncc2n1. The molecule has 4 rings (SSSR count). The highest BCUT2D eigenvalue weighted by Crippen LogP contribution is 2.33. The minimum absolute atomic E-state index is 0.100. The van der Waals surface area contributed by atoms with Crippen LogP contribution in [-0.4, -0.2) is 37.5 Å². The summed E-state index contributed by atoms with van der Waals surface area (Å²) in [5, 5.41) is 3.28. The van der Waals surface area contributed by atoms with Crippen LogP contribution in [0.4, 0.5) is 20.5 Å². The molecule has 8 nitrogen and oxygen atoms in total. The number of esters is 1. The number of alkyl halides is 2. The van der Waals surface area contributed by atoms with Crippen LogP contribution in [0.25, 0.3) is 22.3 Å². The molecule has 3 aromatic heterocycles. The average Bonchev–Trinajstić information content (AvgIpc) is 2.78. The number of hydrogen-bond donors (Lipinski definition) is 2. The van der Waals surface area contributed by atoms with Gasteiger partial charge < -0.3 is 15.8 Å². The summed E-state index contributed by atoms with van der Waals surface area (Å²) < 4.78 is 33.5. The fraction of sp³-hybridized carbons (Fsp3) is 0.500. The summed E-state index contributed by atoms with van der Waals surface area (Å²) in [7, 11) is 0. The van der Waals surface area contributed by atoms with Gasteiger partial charge in [-0.1, -0.05) is 0 Å². The lowest BCUT2D eigenvalue weighted by molar-refractivity contribution is -0.156. The topological polar surface area (TPSA) is 116 Å². The van der Waals surface area contributed by atoms with Gasteiger partial charge in [0.2, 0.25) is 5.95 Å². The van der Waals surface area contributed by atoms with Crippen molar-refractivity contribution in [3.05, 3.63) is 35.7 Å². The number of anilines is 2. The minimum atomic E-state index is -2.73. The standard InChI is InChI=1S/C26H32F2N6O2/c1-14-17(9-10-21(29)31-14)19-12-18(24(27)28)23-20(33-19)13-30-25(34-23)32-16-7-5-15(6-8-16)11-22(35)36-26(2,3)4/h9-10,12-13,15-16,24H,5-8,11H2,1-4H3,(H2,29,31)(H,30,32,34). The smallest absolute Gasteiger partial charge is 0.306 e. The minimum Gasteiger partial charge on any atom is -0.460 e. The first-order valence-corrected chi connectivity index (χ1v) is 12.2. The monoisotopic (exact) mass is 498 g/mol. The molecule has 1 saturated carbocycles. The number of nitrogen functional groups attached to an aromatic ring is 1. The second kappa shape index (κ2) is 10.3. The highest BCUT2D eigenvalue weighted by atomic mass is 19.3. The van der Waals surface area contributed by atoms with E-state index in [-0.39, 0.29) is 34.5 Å². The van der Waals surface area contributed by atoms with Crippen molar-refractivity contribution >= 4 is 28.8 Å². The lowest BCUT2D eigenvalue weighted by Gasteiger charge is -2.29. The highest BCUT2D eigenvalue weighted by molar-refractivity contribution is 5.82. The quantitative estimate of drug-likeness (QED) is 0.421. The molecule has 3 aromatic rings. The van der Waals surface area contributed by atoms with Crippen LogP contribution in [0.3, 0.4) is 0 Å². The fourth-order valence-electron chi connectivity index (χ4n) is 4.58. The number of carbonyl (C=O) groups is 1. The van der Waals surface area contributed by atoms with Gasteiger partial charge in [-0.2, -0.15) is 0 Å². The van der Waals surface area contributed by atoms with Crippen molar-refractivity contribution in [1.82, 2.24) is 19.9 Å². The number of halogens is 2. The third kappa shape index (κ3) is 6.22. The van der Waals surface area contributed by atoms with E-state index in [1.165, 1.54) is 12.3 Å². The molecule has 0 spiro atoms. The molecule has 1 aliphatic carbocycles. The van der Waals surface area contributed by atoms with Crippen molar-refractivity contribution < 1.29 is 18.3 Å². The van der Waals surface area contributed by atoms with Gasteiger partial charge in [-0.15, -0.1) is 0 Å². The van der Waals surface area contributed by atoms with Crippen LogP contribution in [0, 0.1) is 12.8 Å². The second-order valence-corrected chi connectivity index (χ2v) is 10.3. The van der Waals surface area contributed by atoms with E-state index in [4.69, 9.17) is 10.5 Å². The van der Waals surface area contributed by atoms with Crippen molar-refractivity contribution in [3.8, 4) is 11.3 Å². The number of rotatable bonds is 6. The molecule has 0 radical (unpaired) electrons. The third-order valence-electron chi connectivity index (χ3n) is 6.25. The Kier molecular flexibility index (Phi) is 7.33. The van der Waals surface area contributed by atoms with Gasteiger partial charge in [0.25, 0.3) is 6.43 Å². The number of nitrogens with two attached hydrogens (primary N) is 1. The zero-order chi connectivity index (χ0) is 26.0. The van der Waals surface area contributed by atoms with Gasteiger partial charge in [-0.05, 0) is 77.5 Å². The molecule has 3 heterocycles. The molecular formula is C26H32F2N6O2. The summed E-state index contributed by atoms with van der Waals surface area (Å²) >= 11 is 0. The Morgan fingerprint density at radius 2 is 1.89 bits per heavy atom. The molecule has 0 unspecified atom stereocenters. The molecule has 0 atom stereocenters. The molecule has 1 aliphatic rings. The molecule has 192 valence electrons. The maximum Gasteiger partial charge on any atom is 0.306 e. The van der Waals surface area contributed by atoms with Crippen molar-refractivity contribution in [1.29, 1.82) is 0 Å². The van der Waals surface area contributed by atoms with Gasteiger partial charge in [0.05, 0.1) is 11.9 Å². The zero-order valence-corrected chi connectivity index (χ0v) is 21.0.